The molecule has 1 amide bonds. The first-order chi connectivity index (χ1) is 15.6. The highest BCUT2D eigenvalue weighted by Gasteiger charge is 2.25. The molecule has 6 heteroatoms. The van der Waals surface area contributed by atoms with E-state index in [2.05, 4.69) is 16.0 Å². The Kier molecular flexibility index (Phi) is 6.93. The number of para-hydroxylation sites is 2. The van der Waals surface area contributed by atoms with Crippen molar-refractivity contribution in [2.24, 2.45) is 0 Å². The molecule has 0 fully saturated rings. The number of carbonyl (C=O) groups excluding carboxylic acids is 1. The number of aryl methyl sites for hydroxylation is 2. The lowest BCUT2D eigenvalue weighted by molar-refractivity contribution is -0.115. The van der Waals surface area contributed by atoms with Crippen molar-refractivity contribution in [3.8, 4) is 0 Å². The van der Waals surface area contributed by atoms with Gasteiger partial charge in [-0.3, -0.25) is 4.79 Å². The van der Waals surface area contributed by atoms with Gasteiger partial charge in [0.05, 0.1) is 17.6 Å². The van der Waals surface area contributed by atoms with Crippen molar-refractivity contribution in [2.75, 3.05) is 19.0 Å². The highest BCUT2D eigenvalue weighted by molar-refractivity contribution is 8.00. The van der Waals surface area contributed by atoms with E-state index in [0.717, 1.165) is 38.6 Å². The third kappa shape index (κ3) is 4.87. The fourth-order valence-electron chi connectivity index (χ4n) is 3.62. The minimum absolute atomic E-state index is 0.0692. The maximum absolute atomic E-state index is 13.5. The van der Waals surface area contributed by atoms with E-state index in [1.54, 1.807) is 7.11 Å². The van der Waals surface area contributed by atoms with Gasteiger partial charge >= 0.3 is 0 Å². The number of hydrogen-bond acceptors (Lipinski definition) is 4. The van der Waals surface area contributed by atoms with Crippen molar-refractivity contribution >= 4 is 34.4 Å². The van der Waals surface area contributed by atoms with Gasteiger partial charge in [-0.1, -0.05) is 66.4 Å². The standard InChI is InChI=1S/C26H27N3O2S/c1-18-13-14-19(2)22(17-18)27-25(30)24(20-9-5-4-6-10-20)32-26-28-21-11-7-8-12-23(21)29(26)15-16-31-3/h4-14,17,24H,15-16H2,1-3H3,(H,27,30). The number of nitrogens with zero attached hydrogens (tertiary/aromatic N) is 2. The number of nitrogens with one attached hydrogen (secondary N) is 1. The number of anilines is 1. The molecule has 1 N–H and O–H groups in total. The Morgan fingerprint density at radius 2 is 1.81 bits per heavy atom. The van der Waals surface area contributed by atoms with E-state index in [-0.39, 0.29) is 5.91 Å². The first kappa shape index (κ1) is 22.1. The average Bonchev–Trinajstić information content (AvgIpc) is 3.16. The Hall–Kier alpha value is -3.09. The summed E-state index contributed by atoms with van der Waals surface area (Å²) in [5, 5.41) is 3.49. The van der Waals surface area contributed by atoms with Crippen LogP contribution >= 0.6 is 11.8 Å². The quantitative estimate of drug-likeness (QED) is 0.350. The SMILES string of the molecule is COCCn1c(SC(C(=O)Nc2cc(C)ccc2C)c2ccccc2)nc2ccccc21. The fourth-order valence-corrected chi connectivity index (χ4v) is 4.75. The van der Waals surface area contributed by atoms with Crippen LogP contribution in [0.4, 0.5) is 5.69 Å². The zero-order valence-corrected chi connectivity index (χ0v) is 19.4. The van der Waals surface area contributed by atoms with E-state index in [4.69, 9.17) is 9.72 Å². The normalized spacial score (nSPS) is 12.1. The molecule has 1 unspecified atom stereocenters. The summed E-state index contributed by atoms with van der Waals surface area (Å²) in [5.74, 6) is -0.0692. The molecule has 4 rings (SSSR count). The van der Waals surface area contributed by atoms with Crippen LogP contribution in [0.15, 0.2) is 78.0 Å². The Morgan fingerprint density at radius 1 is 1.06 bits per heavy atom. The van der Waals surface area contributed by atoms with Gasteiger partial charge in [0.25, 0.3) is 0 Å². The highest BCUT2D eigenvalue weighted by atomic mass is 32.2. The maximum atomic E-state index is 13.5. The van der Waals surface area contributed by atoms with Crippen molar-refractivity contribution in [2.45, 2.75) is 30.8 Å². The van der Waals surface area contributed by atoms with Crippen LogP contribution in [0.2, 0.25) is 0 Å². The minimum atomic E-state index is -0.450. The smallest absolute Gasteiger partial charge is 0.242 e. The molecular weight excluding hydrogens is 418 g/mol. The molecule has 1 atom stereocenters. The van der Waals surface area contributed by atoms with Crippen LogP contribution in [-0.4, -0.2) is 29.2 Å². The molecule has 0 aliphatic heterocycles. The fraction of sp³-hybridized carbons (Fsp3) is 0.231. The van der Waals surface area contributed by atoms with Gasteiger partial charge in [-0.15, -0.1) is 0 Å². The lowest BCUT2D eigenvalue weighted by atomic mass is 10.1. The number of rotatable bonds is 8. The lowest BCUT2D eigenvalue weighted by Gasteiger charge is -2.18. The summed E-state index contributed by atoms with van der Waals surface area (Å²) < 4.78 is 7.45. The molecule has 0 bridgehead atoms. The first-order valence-corrected chi connectivity index (χ1v) is 11.5. The van der Waals surface area contributed by atoms with E-state index in [9.17, 15) is 4.79 Å². The lowest BCUT2D eigenvalue weighted by Crippen LogP contribution is -2.20. The van der Waals surface area contributed by atoms with Gasteiger partial charge in [0.1, 0.15) is 5.25 Å². The largest absolute Gasteiger partial charge is 0.383 e. The van der Waals surface area contributed by atoms with E-state index in [0.29, 0.717) is 13.2 Å². The zero-order valence-electron chi connectivity index (χ0n) is 18.5. The van der Waals surface area contributed by atoms with E-state index in [1.165, 1.54) is 11.8 Å². The third-order valence-electron chi connectivity index (χ3n) is 5.35. The zero-order chi connectivity index (χ0) is 22.5. The summed E-state index contributed by atoms with van der Waals surface area (Å²) in [6, 6.07) is 24.0. The number of benzene rings is 3. The molecular formula is C26H27N3O2S. The summed E-state index contributed by atoms with van der Waals surface area (Å²) in [5.41, 5.74) is 5.86. The molecule has 4 aromatic rings. The van der Waals surface area contributed by atoms with Gasteiger partial charge in [-0.05, 0) is 48.7 Å². The van der Waals surface area contributed by atoms with Crippen LogP contribution < -0.4 is 5.32 Å². The summed E-state index contributed by atoms with van der Waals surface area (Å²) in [4.78, 5) is 18.4. The molecule has 0 saturated heterocycles. The van der Waals surface area contributed by atoms with Gasteiger partial charge in [-0.2, -0.15) is 0 Å². The second kappa shape index (κ2) is 10.0. The topological polar surface area (TPSA) is 56.1 Å². The number of thioether (sulfide) groups is 1. The molecule has 5 nitrogen and oxygen atoms in total. The predicted molar refractivity (Wildman–Crippen MR) is 131 cm³/mol. The van der Waals surface area contributed by atoms with Gasteiger partial charge in [0.15, 0.2) is 5.16 Å². The number of aromatic nitrogens is 2. The van der Waals surface area contributed by atoms with Crippen LogP contribution in [0.3, 0.4) is 0 Å². The van der Waals surface area contributed by atoms with Crippen LogP contribution in [-0.2, 0) is 16.1 Å². The van der Waals surface area contributed by atoms with Crippen molar-refractivity contribution in [3.63, 3.8) is 0 Å². The van der Waals surface area contributed by atoms with Crippen molar-refractivity contribution in [1.82, 2.24) is 9.55 Å². The molecule has 0 radical (unpaired) electrons. The molecule has 0 saturated carbocycles. The van der Waals surface area contributed by atoms with E-state index >= 15 is 0 Å². The van der Waals surface area contributed by atoms with Crippen LogP contribution in [0.1, 0.15) is 21.9 Å². The molecule has 1 heterocycles. The average molecular weight is 446 g/mol. The molecule has 1 aromatic heterocycles. The van der Waals surface area contributed by atoms with Gasteiger partial charge < -0.3 is 14.6 Å². The monoisotopic (exact) mass is 445 g/mol. The second-order valence-corrected chi connectivity index (χ2v) is 8.82. The second-order valence-electron chi connectivity index (χ2n) is 7.74. The van der Waals surface area contributed by atoms with Crippen molar-refractivity contribution in [1.29, 1.82) is 0 Å². The maximum Gasteiger partial charge on any atom is 0.242 e. The number of imidazole rings is 1. The summed E-state index contributed by atoms with van der Waals surface area (Å²) in [6.07, 6.45) is 0. The third-order valence-corrected chi connectivity index (χ3v) is 6.60. The predicted octanol–water partition coefficient (Wildman–Crippen LogP) is 5.77. The molecule has 0 aliphatic carbocycles. The Labute approximate surface area is 192 Å². The number of fused-ring (bicyclic) bond motifs is 1. The number of methoxy groups -OCH3 is 1. The van der Waals surface area contributed by atoms with Crippen molar-refractivity contribution < 1.29 is 9.53 Å². The number of amides is 1. The van der Waals surface area contributed by atoms with Crippen molar-refractivity contribution in [3.05, 3.63) is 89.5 Å². The summed E-state index contributed by atoms with van der Waals surface area (Å²) >= 11 is 1.47. The molecule has 0 aliphatic rings. The number of hydrogen-bond donors (Lipinski definition) is 1. The number of carbonyl (C=O) groups is 1. The summed E-state index contributed by atoms with van der Waals surface area (Å²) in [7, 11) is 1.69. The van der Waals surface area contributed by atoms with Crippen LogP contribution in [0.5, 0.6) is 0 Å². The molecule has 0 spiro atoms. The Bertz CT molecular complexity index is 1220. The van der Waals surface area contributed by atoms with E-state index in [1.807, 2.05) is 80.6 Å². The Morgan fingerprint density at radius 3 is 2.59 bits per heavy atom. The number of ether oxygens (including phenoxy) is 1. The van der Waals surface area contributed by atoms with Crippen LogP contribution in [0, 0.1) is 13.8 Å². The van der Waals surface area contributed by atoms with Crippen LogP contribution in [0.25, 0.3) is 11.0 Å². The first-order valence-electron chi connectivity index (χ1n) is 10.6. The van der Waals surface area contributed by atoms with Gasteiger partial charge in [-0.25, -0.2) is 4.98 Å². The highest BCUT2D eigenvalue weighted by Crippen LogP contribution is 2.37. The Balaban J connectivity index is 1.71. The summed E-state index contributed by atoms with van der Waals surface area (Å²) in [6.45, 7) is 5.26. The molecule has 164 valence electrons. The molecule has 32 heavy (non-hydrogen) atoms. The minimum Gasteiger partial charge on any atom is -0.383 e. The van der Waals surface area contributed by atoms with E-state index < -0.39 is 5.25 Å². The van der Waals surface area contributed by atoms with Gasteiger partial charge in [0.2, 0.25) is 5.91 Å². The molecule has 3 aromatic carbocycles. The van der Waals surface area contributed by atoms with Gasteiger partial charge in [0, 0.05) is 19.3 Å².